The molecule has 1 aliphatic heterocycles. The van der Waals surface area contributed by atoms with Crippen LogP contribution in [-0.4, -0.2) is 40.8 Å². The zero-order chi connectivity index (χ0) is 14.1. The average Bonchev–Trinajstić information content (AvgIpc) is 2.99. The Morgan fingerprint density at radius 3 is 2.57 bits per heavy atom. The lowest BCUT2D eigenvalue weighted by molar-refractivity contribution is 0.581. The molecule has 1 N–H and O–H groups in total. The summed E-state index contributed by atoms with van der Waals surface area (Å²) in [5, 5.41) is 8.06. The first-order valence-corrected chi connectivity index (χ1v) is 7.28. The highest BCUT2D eigenvalue weighted by molar-refractivity contribution is 5.62. The Labute approximate surface area is 123 Å². The Bertz CT molecular complexity index is 744. The molecule has 0 radical (unpaired) electrons. The summed E-state index contributed by atoms with van der Waals surface area (Å²) in [6, 6.07) is 14.3. The molecule has 1 aromatic carbocycles. The van der Waals surface area contributed by atoms with E-state index in [1.54, 1.807) is 0 Å². The van der Waals surface area contributed by atoms with E-state index < -0.39 is 0 Å². The minimum absolute atomic E-state index is 0.882. The van der Waals surface area contributed by atoms with Crippen LogP contribution in [0.25, 0.3) is 16.9 Å². The predicted octanol–water partition coefficient (Wildman–Crippen LogP) is 1.81. The van der Waals surface area contributed by atoms with Crippen molar-refractivity contribution in [3.63, 3.8) is 0 Å². The maximum Gasteiger partial charge on any atom is 0.154 e. The number of hydrogen-bond acceptors (Lipinski definition) is 4. The van der Waals surface area contributed by atoms with Crippen molar-refractivity contribution in [1.29, 1.82) is 0 Å². The fraction of sp³-hybridized carbons (Fsp3) is 0.250. The predicted molar refractivity (Wildman–Crippen MR) is 83.5 cm³/mol. The molecule has 0 atom stereocenters. The SMILES string of the molecule is c1ccc(-c2cn3nc(N4CCNCC4)ccc3n2)cc1. The molecule has 4 rings (SSSR count). The monoisotopic (exact) mass is 279 g/mol. The summed E-state index contributed by atoms with van der Waals surface area (Å²) < 4.78 is 1.87. The number of fused-ring (bicyclic) bond motifs is 1. The standard InChI is InChI=1S/C16H17N5/c1-2-4-13(5-3-1)14-12-21-15(18-14)6-7-16(19-21)20-10-8-17-9-11-20/h1-7,12,17H,8-11H2. The van der Waals surface area contributed by atoms with Crippen LogP contribution in [0.3, 0.4) is 0 Å². The van der Waals surface area contributed by atoms with E-state index >= 15 is 0 Å². The number of nitrogens with zero attached hydrogens (tertiary/aromatic N) is 4. The zero-order valence-corrected chi connectivity index (χ0v) is 11.7. The van der Waals surface area contributed by atoms with Crippen LogP contribution in [0.4, 0.5) is 5.82 Å². The van der Waals surface area contributed by atoms with Crippen LogP contribution in [0.5, 0.6) is 0 Å². The molecule has 0 amide bonds. The Balaban J connectivity index is 1.71. The van der Waals surface area contributed by atoms with Crippen molar-refractivity contribution in [3.05, 3.63) is 48.7 Å². The van der Waals surface area contributed by atoms with Crippen molar-refractivity contribution < 1.29 is 0 Å². The van der Waals surface area contributed by atoms with Crippen molar-refractivity contribution in [3.8, 4) is 11.3 Å². The fourth-order valence-electron chi connectivity index (χ4n) is 2.68. The third-order valence-electron chi connectivity index (χ3n) is 3.82. The summed E-state index contributed by atoms with van der Waals surface area (Å²) in [5.41, 5.74) is 2.96. The topological polar surface area (TPSA) is 45.5 Å². The minimum atomic E-state index is 0.882. The van der Waals surface area contributed by atoms with Crippen LogP contribution in [0.15, 0.2) is 48.7 Å². The van der Waals surface area contributed by atoms with Gasteiger partial charge >= 0.3 is 0 Å². The number of benzene rings is 1. The summed E-state index contributed by atoms with van der Waals surface area (Å²) in [6.07, 6.45) is 2.00. The summed E-state index contributed by atoms with van der Waals surface area (Å²) in [7, 11) is 0. The third kappa shape index (κ3) is 2.36. The molecule has 0 unspecified atom stereocenters. The first kappa shape index (κ1) is 12.3. The Morgan fingerprint density at radius 2 is 1.76 bits per heavy atom. The molecule has 0 aliphatic carbocycles. The van der Waals surface area contributed by atoms with Crippen LogP contribution in [0.2, 0.25) is 0 Å². The number of rotatable bonds is 2. The first-order chi connectivity index (χ1) is 10.4. The molecular weight excluding hydrogens is 262 g/mol. The highest BCUT2D eigenvalue weighted by atomic mass is 15.3. The molecule has 2 aromatic heterocycles. The quantitative estimate of drug-likeness (QED) is 0.777. The number of nitrogens with one attached hydrogen (secondary N) is 1. The zero-order valence-electron chi connectivity index (χ0n) is 11.7. The average molecular weight is 279 g/mol. The largest absolute Gasteiger partial charge is 0.353 e. The number of hydrogen-bond donors (Lipinski definition) is 1. The Hall–Kier alpha value is -2.40. The second kappa shape index (κ2) is 5.18. The van der Waals surface area contributed by atoms with E-state index in [1.807, 2.05) is 35.0 Å². The highest BCUT2D eigenvalue weighted by Crippen LogP contribution is 2.19. The molecular formula is C16H17N5. The molecule has 5 heteroatoms. The van der Waals surface area contributed by atoms with Crippen LogP contribution >= 0.6 is 0 Å². The normalized spacial score (nSPS) is 15.5. The second-order valence-corrected chi connectivity index (χ2v) is 5.22. The lowest BCUT2D eigenvalue weighted by Crippen LogP contribution is -2.44. The minimum Gasteiger partial charge on any atom is -0.353 e. The third-order valence-corrected chi connectivity index (χ3v) is 3.82. The molecule has 3 aromatic rings. The van der Waals surface area contributed by atoms with Gasteiger partial charge in [0.15, 0.2) is 5.65 Å². The Kier molecular flexibility index (Phi) is 3.05. The van der Waals surface area contributed by atoms with E-state index in [9.17, 15) is 0 Å². The molecule has 0 saturated carbocycles. The first-order valence-electron chi connectivity index (χ1n) is 7.28. The smallest absolute Gasteiger partial charge is 0.154 e. The van der Waals surface area contributed by atoms with E-state index in [4.69, 9.17) is 5.10 Å². The Morgan fingerprint density at radius 1 is 0.952 bits per heavy atom. The van der Waals surface area contributed by atoms with Crippen LogP contribution in [-0.2, 0) is 0 Å². The molecule has 0 spiro atoms. The molecule has 1 aliphatic rings. The van der Waals surface area contributed by atoms with E-state index in [0.717, 1.165) is 48.9 Å². The van der Waals surface area contributed by atoms with Gasteiger partial charge in [-0.15, -0.1) is 5.10 Å². The van der Waals surface area contributed by atoms with E-state index in [-0.39, 0.29) is 0 Å². The summed E-state index contributed by atoms with van der Waals surface area (Å²) in [6.45, 7) is 4.02. The molecule has 1 fully saturated rings. The van der Waals surface area contributed by atoms with Gasteiger partial charge in [-0.25, -0.2) is 9.50 Å². The number of piperazine rings is 1. The second-order valence-electron chi connectivity index (χ2n) is 5.22. The van der Waals surface area contributed by atoms with Gasteiger partial charge in [0.1, 0.15) is 5.82 Å². The number of aromatic nitrogens is 3. The summed E-state index contributed by atoms with van der Waals surface area (Å²) in [5.74, 6) is 1.01. The molecule has 3 heterocycles. The molecule has 1 saturated heterocycles. The van der Waals surface area contributed by atoms with Gasteiger partial charge in [-0.05, 0) is 12.1 Å². The highest BCUT2D eigenvalue weighted by Gasteiger charge is 2.13. The maximum atomic E-state index is 4.70. The molecule has 0 bridgehead atoms. The van der Waals surface area contributed by atoms with Gasteiger partial charge in [-0.2, -0.15) is 0 Å². The van der Waals surface area contributed by atoms with Crippen molar-refractivity contribution in [2.45, 2.75) is 0 Å². The van der Waals surface area contributed by atoms with Crippen molar-refractivity contribution in [2.75, 3.05) is 31.1 Å². The number of imidazole rings is 1. The van der Waals surface area contributed by atoms with E-state index in [0.29, 0.717) is 0 Å². The van der Waals surface area contributed by atoms with Crippen molar-refractivity contribution in [2.24, 2.45) is 0 Å². The maximum absolute atomic E-state index is 4.70. The number of anilines is 1. The van der Waals surface area contributed by atoms with E-state index in [1.165, 1.54) is 0 Å². The van der Waals surface area contributed by atoms with Gasteiger partial charge in [0.25, 0.3) is 0 Å². The molecule has 106 valence electrons. The van der Waals surface area contributed by atoms with Crippen LogP contribution < -0.4 is 10.2 Å². The van der Waals surface area contributed by atoms with Gasteiger partial charge < -0.3 is 10.2 Å². The van der Waals surface area contributed by atoms with Crippen LogP contribution in [0.1, 0.15) is 0 Å². The molecule has 5 nitrogen and oxygen atoms in total. The van der Waals surface area contributed by atoms with Gasteiger partial charge in [0.2, 0.25) is 0 Å². The summed E-state index contributed by atoms with van der Waals surface area (Å²) in [4.78, 5) is 6.94. The van der Waals surface area contributed by atoms with Crippen molar-refractivity contribution in [1.82, 2.24) is 19.9 Å². The van der Waals surface area contributed by atoms with Gasteiger partial charge in [0.05, 0.1) is 11.9 Å². The molecule has 21 heavy (non-hydrogen) atoms. The lowest BCUT2D eigenvalue weighted by atomic mass is 10.2. The van der Waals surface area contributed by atoms with Gasteiger partial charge in [0, 0.05) is 31.7 Å². The fourth-order valence-corrected chi connectivity index (χ4v) is 2.68. The van der Waals surface area contributed by atoms with Crippen LogP contribution in [0, 0.1) is 0 Å². The van der Waals surface area contributed by atoms with Gasteiger partial charge in [-0.3, -0.25) is 0 Å². The van der Waals surface area contributed by atoms with Gasteiger partial charge in [-0.1, -0.05) is 30.3 Å². The summed E-state index contributed by atoms with van der Waals surface area (Å²) >= 11 is 0. The lowest BCUT2D eigenvalue weighted by Gasteiger charge is -2.28. The van der Waals surface area contributed by atoms with E-state index in [2.05, 4.69) is 33.4 Å². The van der Waals surface area contributed by atoms with Crippen molar-refractivity contribution >= 4 is 11.5 Å².